The number of aryl methyl sites for hydroxylation is 1. The number of nitrogens with zero attached hydrogens (tertiary/aromatic N) is 3. The minimum absolute atomic E-state index is 0.187. The van der Waals surface area contributed by atoms with E-state index in [4.69, 9.17) is 4.74 Å². The number of carbonyl (C=O) groups is 1. The molecule has 30 heavy (non-hydrogen) atoms. The molecule has 3 aromatic rings. The van der Waals surface area contributed by atoms with Crippen molar-refractivity contribution in [2.24, 2.45) is 5.92 Å². The van der Waals surface area contributed by atoms with Crippen LogP contribution in [0.2, 0.25) is 0 Å². The zero-order chi connectivity index (χ0) is 20.5. The minimum atomic E-state index is 0.187. The predicted molar refractivity (Wildman–Crippen MR) is 118 cm³/mol. The van der Waals surface area contributed by atoms with Gasteiger partial charge in [-0.05, 0) is 49.1 Å². The van der Waals surface area contributed by atoms with Crippen molar-refractivity contribution in [3.05, 3.63) is 54.5 Å². The molecule has 1 aromatic carbocycles. The summed E-state index contributed by atoms with van der Waals surface area (Å²) >= 11 is 0. The molecular formula is C25H29N3O2. The first-order chi connectivity index (χ1) is 14.7. The molecule has 5 rings (SSSR count). The summed E-state index contributed by atoms with van der Waals surface area (Å²) in [5, 5.41) is 0. The highest BCUT2D eigenvalue weighted by molar-refractivity contribution is 5.76. The Morgan fingerprint density at radius 1 is 1.07 bits per heavy atom. The molecule has 1 amide bonds. The third-order valence-corrected chi connectivity index (χ3v) is 6.55. The number of pyridine rings is 1. The van der Waals surface area contributed by atoms with Gasteiger partial charge in [-0.25, -0.2) is 4.98 Å². The number of likely N-dealkylation sites (tertiary alicyclic amines) is 1. The molecule has 156 valence electrons. The molecule has 1 saturated heterocycles. The van der Waals surface area contributed by atoms with Gasteiger partial charge in [0.2, 0.25) is 5.91 Å². The van der Waals surface area contributed by atoms with Crippen LogP contribution in [0.15, 0.2) is 48.8 Å². The second-order valence-corrected chi connectivity index (χ2v) is 8.69. The van der Waals surface area contributed by atoms with E-state index < -0.39 is 0 Å². The Morgan fingerprint density at radius 3 is 2.57 bits per heavy atom. The van der Waals surface area contributed by atoms with Crippen LogP contribution in [0.5, 0.6) is 5.75 Å². The monoisotopic (exact) mass is 403 g/mol. The molecule has 0 N–H and O–H groups in total. The number of hydrogen-bond donors (Lipinski definition) is 0. The number of piperidine rings is 1. The zero-order valence-electron chi connectivity index (χ0n) is 17.6. The molecule has 0 spiro atoms. The van der Waals surface area contributed by atoms with Gasteiger partial charge in [0.1, 0.15) is 17.5 Å². The molecule has 2 aliphatic rings. The van der Waals surface area contributed by atoms with E-state index in [-0.39, 0.29) is 6.10 Å². The van der Waals surface area contributed by atoms with E-state index in [1.165, 1.54) is 29.7 Å². The maximum atomic E-state index is 12.3. The van der Waals surface area contributed by atoms with Gasteiger partial charge in [0.25, 0.3) is 0 Å². The number of imidazole rings is 1. The van der Waals surface area contributed by atoms with E-state index in [1.54, 1.807) is 0 Å². The van der Waals surface area contributed by atoms with Crippen molar-refractivity contribution >= 4 is 11.6 Å². The average Bonchev–Trinajstić information content (AvgIpc) is 3.48. The quantitative estimate of drug-likeness (QED) is 0.590. The van der Waals surface area contributed by atoms with Crippen LogP contribution in [0.1, 0.15) is 44.2 Å². The van der Waals surface area contributed by atoms with E-state index in [0.717, 1.165) is 56.1 Å². The van der Waals surface area contributed by atoms with E-state index in [1.807, 2.05) is 23.4 Å². The van der Waals surface area contributed by atoms with E-state index in [9.17, 15) is 4.79 Å². The molecule has 0 radical (unpaired) electrons. The molecular weight excluding hydrogens is 374 g/mol. The van der Waals surface area contributed by atoms with Gasteiger partial charge in [-0.2, -0.15) is 0 Å². The lowest BCUT2D eigenvalue weighted by atomic mass is 10.0. The minimum Gasteiger partial charge on any atom is -0.490 e. The summed E-state index contributed by atoms with van der Waals surface area (Å²) in [7, 11) is 0. The maximum Gasteiger partial charge on any atom is 0.222 e. The number of carbonyl (C=O) groups excluding carboxylic acids is 1. The standard InChI is InChI=1S/C25H29N3O2/c1-18-23(9-10-24-26-14-17-28(18)24)20-5-7-21(8-6-20)30-22-12-15-27(16-13-22)25(29)11-4-19-2-3-19/h5-10,14,17,19,22H,2-4,11-13,15-16H2,1H3. The van der Waals surface area contributed by atoms with Crippen LogP contribution in [0, 0.1) is 12.8 Å². The first-order valence-corrected chi connectivity index (χ1v) is 11.1. The summed E-state index contributed by atoms with van der Waals surface area (Å²) in [6, 6.07) is 12.5. The summed E-state index contributed by atoms with van der Waals surface area (Å²) in [5.74, 6) is 2.05. The van der Waals surface area contributed by atoms with Crippen LogP contribution >= 0.6 is 0 Å². The third kappa shape index (κ3) is 4.07. The second-order valence-electron chi connectivity index (χ2n) is 8.69. The first kappa shape index (κ1) is 19.2. The smallest absolute Gasteiger partial charge is 0.222 e. The van der Waals surface area contributed by atoms with Gasteiger partial charge in [-0.3, -0.25) is 4.79 Å². The number of aromatic nitrogens is 2. The molecule has 1 aliphatic carbocycles. The first-order valence-electron chi connectivity index (χ1n) is 11.1. The fourth-order valence-corrected chi connectivity index (χ4v) is 4.46. The average molecular weight is 404 g/mol. The van der Waals surface area contributed by atoms with Crippen molar-refractivity contribution < 1.29 is 9.53 Å². The molecule has 2 aromatic heterocycles. The van der Waals surface area contributed by atoms with Crippen LogP contribution < -0.4 is 4.74 Å². The number of rotatable bonds is 6. The summed E-state index contributed by atoms with van der Waals surface area (Å²) in [6.07, 6.45) is 10.3. The van der Waals surface area contributed by atoms with Gasteiger partial charge in [0.05, 0.1) is 0 Å². The number of ether oxygens (including phenoxy) is 1. The third-order valence-electron chi connectivity index (χ3n) is 6.55. The van der Waals surface area contributed by atoms with Gasteiger partial charge in [0.15, 0.2) is 0 Å². The molecule has 1 saturated carbocycles. The Balaban J connectivity index is 1.17. The van der Waals surface area contributed by atoms with Crippen LogP contribution in [-0.4, -0.2) is 39.4 Å². The highest BCUT2D eigenvalue weighted by atomic mass is 16.5. The summed E-state index contributed by atoms with van der Waals surface area (Å²) in [6.45, 7) is 3.75. The molecule has 0 unspecified atom stereocenters. The Hall–Kier alpha value is -2.82. The molecule has 3 heterocycles. The normalized spacial score (nSPS) is 17.4. The van der Waals surface area contributed by atoms with E-state index >= 15 is 0 Å². The van der Waals surface area contributed by atoms with Gasteiger partial charge in [-0.15, -0.1) is 0 Å². The van der Waals surface area contributed by atoms with Crippen LogP contribution in [-0.2, 0) is 4.79 Å². The highest BCUT2D eigenvalue weighted by Crippen LogP contribution is 2.34. The largest absolute Gasteiger partial charge is 0.490 e. The van der Waals surface area contributed by atoms with Crippen LogP contribution in [0.25, 0.3) is 16.8 Å². The van der Waals surface area contributed by atoms with Crippen molar-refractivity contribution in [2.45, 2.75) is 51.6 Å². The molecule has 2 fully saturated rings. The summed E-state index contributed by atoms with van der Waals surface area (Å²) in [4.78, 5) is 18.7. The summed E-state index contributed by atoms with van der Waals surface area (Å²) in [5.41, 5.74) is 4.52. The van der Waals surface area contributed by atoms with Gasteiger partial charge < -0.3 is 14.0 Å². The van der Waals surface area contributed by atoms with Crippen LogP contribution in [0.4, 0.5) is 0 Å². The lowest BCUT2D eigenvalue weighted by Gasteiger charge is -2.32. The number of fused-ring (bicyclic) bond motifs is 1. The lowest BCUT2D eigenvalue weighted by Crippen LogP contribution is -2.41. The van der Waals surface area contributed by atoms with Gasteiger partial charge in [0, 0.05) is 56.0 Å². The van der Waals surface area contributed by atoms with Crippen molar-refractivity contribution in [2.75, 3.05) is 13.1 Å². The fraction of sp³-hybridized carbons (Fsp3) is 0.440. The molecule has 5 heteroatoms. The topological polar surface area (TPSA) is 46.8 Å². The molecule has 0 atom stereocenters. The number of amides is 1. The summed E-state index contributed by atoms with van der Waals surface area (Å²) < 4.78 is 8.33. The Bertz CT molecular complexity index is 1030. The van der Waals surface area contributed by atoms with Crippen molar-refractivity contribution in [1.29, 1.82) is 0 Å². The highest BCUT2D eigenvalue weighted by Gasteiger charge is 2.26. The SMILES string of the molecule is Cc1c(-c2ccc(OC3CCN(C(=O)CCC4CC4)CC3)cc2)ccc2nccn12. The maximum absolute atomic E-state index is 12.3. The number of benzene rings is 1. The van der Waals surface area contributed by atoms with Gasteiger partial charge in [-0.1, -0.05) is 25.0 Å². The second kappa shape index (κ2) is 8.13. The Kier molecular flexibility index (Phi) is 5.19. The van der Waals surface area contributed by atoms with Crippen LogP contribution in [0.3, 0.4) is 0 Å². The Morgan fingerprint density at radius 2 is 1.83 bits per heavy atom. The van der Waals surface area contributed by atoms with Gasteiger partial charge >= 0.3 is 0 Å². The van der Waals surface area contributed by atoms with Crippen molar-refractivity contribution in [1.82, 2.24) is 14.3 Å². The number of hydrogen-bond acceptors (Lipinski definition) is 3. The zero-order valence-corrected chi connectivity index (χ0v) is 17.6. The molecule has 5 nitrogen and oxygen atoms in total. The molecule has 0 bridgehead atoms. The predicted octanol–water partition coefficient (Wildman–Crippen LogP) is 4.87. The molecule has 1 aliphatic heterocycles. The Labute approximate surface area is 177 Å². The van der Waals surface area contributed by atoms with Crippen molar-refractivity contribution in [3.63, 3.8) is 0 Å². The van der Waals surface area contributed by atoms with E-state index in [2.05, 4.69) is 46.6 Å². The fourth-order valence-electron chi connectivity index (χ4n) is 4.46. The van der Waals surface area contributed by atoms with E-state index in [0.29, 0.717) is 5.91 Å². The van der Waals surface area contributed by atoms with Crippen molar-refractivity contribution in [3.8, 4) is 16.9 Å². The lowest BCUT2D eigenvalue weighted by molar-refractivity contribution is -0.133.